The van der Waals surface area contributed by atoms with E-state index in [1.54, 1.807) is 0 Å². The van der Waals surface area contributed by atoms with Crippen LogP contribution in [-0.2, 0) is 28.6 Å². The zero-order chi connectivity index (χ0) is 43.5. The van der Waals surface area contributed by atoms with Gasteiger partial charge in [0.1, 0.15) is 6.61 Å². The number of carboxylic acid groups (broad SMARTS) is 1. The van der Waals surface area contributed by atoms with Crippen LogP contribution in [0.5, 0.6) is 0 Å². The summed E-state index contributed by atoms with van der Waals surface area (Å²) in [6.45, 7) is 4.63. The standard InChI is InChI=1S/C51H87NO7/c1-6-8-10-12-14-16-18-20-22-23-24-25-26-27-28-30-32-34-36-38-40-42-50(54)59-47(45-57-44-43-48(51(55)56)52(3,4)5)46-58-49(53)41-39-37-35-33-31-29-21-19-17-15-13-11-9-7-2/h14,16,20,22,24-25,27-29,31-32,34,47-48H,6-13,15,17-19,21,23,26,30,33,35-46H2,1-5H3/p+1/b16-14+,22-20+,25-24+,28-27+,31-29+,34-32+. The van der Waals surface area contributed by atoms with Crippen molar-refractivity contribution >= 4 is 17.9 Å². The molecule has 0 aliphatic carbocycles. The molecule has 2 unspecified atom stereocenters. The molecule has 0 aromatic rings. The molecule has 0 spiro atoms. The predicted octanol–water partition coefficient (Wildman–Crippen LogP) is 13.1. The molecule has 2 atom stereocenters. The van der Waals surface area contributed by atoms with Crippen LogP contribution in [0.4, 0.5) is 0 Å². The molecule has 0 bridgehead atoms. The predicted molar refractivity (Wildman–Crippen MR) is 247 cm³/mol. The molecular weight excluding hydrogens is 739 g/mol. The van der Waals surface area contributed by atoms with E-state index >= 15 is 0 Å². The molecule has 0 saturated heterocycles. The van der Waals surface area contributed by atoms with Crippen molar-refractivity contribution < 1.29 is 38.2 Å². The molecule has 1 N–H and O–H groups in total. The van der Waals surface area contributed by atoms with Gasteiger partial charge in [-0.25, -0.2) is 4.79 Å². The number of carbonyl (C=O) groups is 3. The average Bonchev–Trinajstić information content (AvgIpc) is 3.19. The summed E-state index contributed by atoms with van der Waals surface area (Å²) in [6, 6.07) is -0.628. The highest BCUT2D eigenvalue weighted by Crippen LogP contribution is 2.12. The zero-order valence-electron chi connectivity index (χ0n) is 38.4. The number of hydrogen-bond donors (Lipinski definition) is 1. The first kappa shape index (κ1) is 55.8. The lowest BCUT2D eigenvalue weighted by atomic mass is 10.1. The van der Waals surface area contributed by atoms with Gasteiger partial charge in [-0.1, -0.05) is 145 Å². The molecule has 338 valence electrons. The number of unbranched alkanes of at least 4 members (excludes halogenated alkanes) is 15. The Balaban J connectivity index is 4.43. The first-order chi connectivity index (χ1) is 28.6. The fourth-order valence-electron chi connectivity index (χ4n) is 6.40. The van der Waals surface area contributed by atoms with Gasteiger partial charge in [0.15, 0.2) is 12.1 Å². The van der Waals surface area contributed by atoms with Gasteiger partial charge in [-0.05, 0) is 89.9 Å². The molecule has 0 radical (unpaired) electrons. The highest BCUT2D eigenvalue weighted by atomic mass is 16.6. The van der Waals surface area contributed by atoms with Crippen molar-refractivity contribution in [3.8, 4) is 0 Å². The molecule has 0 rings (SSSR count). The number of ether oxygens (including phenoxy) is 3. The molecule has 0 saturated carbocycles. The molecule has 0 amide bonds. The Morgan fingerprint density at radius 2 is 0.898 bits per heavy atom. The number of quaternary nitrogens is 1. The van der Waals surface area contributed by atoms with Crippen molar-refractivity contribution in [1.82, 2.24) is 0 Å². The van der Waals surface area contributed by atoms with E-state index in [0.29, 0.717) is 19.3 Å². The quantitative estimate of drug-likeness (QED) is 0.0284. The maximum atomic E-state index is 12.7. The number of rotatable bonds is 41. The first-order valence-electron chi connectivity index (χ1n) is 23.5. The van der Waals surface area contributed by atoms with E-state index in [2.05, 4.69) is 86.8 Å². The second kappa shape index (κ2) is 41.5. The molecule has 0 aliphatic rings. The monoisotopic (exact) mass is 827 g/mol. The summed E-state index contributed by atoms with van der Waals surface area (Å²) in [4.78, 5) is 37.0. The van der Waals surface area contributed by atoms with E-state index < -0.39 is 18.1 Å². The lowest BCUT2D eigenvalue weighted by Crippen LogP contribution is -2.50. The molecule has 0 aromatic heterocycles. The van der Waals surface area contributed by atoms with Crippen LogP contribution in [0.1, 0.15) is 181 Å². The van der Waals surface area contributed by atoms with Crippen LogP contribution in [0, 0.1) is 0 Å². The fraction of sp³-hybridized carbons (Fsp3) is 0.706. The lowest BCUT2D eigenvalue weighted by molar-refractivity contribution is -0.887. The normalized spacial score (nSPS) is 13.6. The van der Waals surface area contributed by atoms with Gasteiger partial charge in [-0.15, -0.1) is 0 Å². The maximum absolute atomic E-state index is 12.7. The van der Waals surface area contributed by atoms with Crippen LogP contribution >= 0.6 is 0 Å². The summed E-state index contributed by atoms with van der Waals surface area (Å²) in [5.41, 5.74) is 0. The Kier molecular flexibility index (Phi) is 39.2. The minimum atomic E-state index is -0.886. The number of likely N-dealkylation sites (N-methyl/N-ethyl adjacent to an activating group) is 1. The Labute approximate surface area is 361 Å². The van der Waals surface area contributed by atoms with Crippen LogP contribution in [0.15, 0.2) is 72.9 Å². The zero-order valence-corrected chi connectivity index (χ0v) is 38.4. The number of allylic oxidation sites excluding steroid dienone is 12. The molecule has 0 heterocycles. The Morgan fingerprint density at radius 1 is 0.508 bits per heavy atom. The van der Waals surface area contributed by atoms with E-state index in [1.807, 2.05) is 21.1 Å². The van der Waals surface area contributed by atoms with Gasteiger partial charge < -0.3 is 23.8 Å². The van der Waals surface area contributed by atoms with Gasteiger partial charge in [0, 0.05) is 19.3 Å². The molecule has 8 nitrogen and oxygen atoms in total. The van der Waals surface area contributed by atoms with Gasteiger partial charge >= 0.3 is 17.9 Å². The van der Waals surface area contributed by atoms with Crippen molar-refractivity contribution in [3.05, 3.63) is 72.9 Å². The molecule has 0 aromatic carbocycles. The molecule has 8 heteroatoms. The molecule has 59 heavy (non-hydrogen) atoms. The largest absolute Gasteiger partial charge is 0.477 e. The van der Waals surface area contributed by atoms with Crippen LogP contribution in [0.2, 0.25) is 0 Å². The lowest BCUT2D eigenvalue weighted by Gasteiger charge is -2.31. The van der Waals surface area contributed by atoms with E-state index in [0.717, 1.165) is 70.6 Å². The fourth-order valence-corrected chi connectivity index (χ4v) is 6.40. The van der Waals surface area contributed by atoms with Crippen LogP contribution in [-0.4, -0.2) is 80.6 Å². The Hall–Kier alpha value is -3.23. The van der Waals surface area contributed by atoms with Gasteiger partial charge in [-0.2, -0.15) is 0 Å². The second-order valence-corrected chi connectivity index (χ2v) is 16.7. The number of carboxylic acids is 1. The minimum Gasteiger partial charge on any atom is -0.477 e. The highest BCUT2D eigenvalue weighted by Gasteiger charge is 2.31. The Morgan fingerprint density at radius 3 is 1.41 bits per heavy atom. The number of carbonyl (C=O) groups excluding carboxylic acids is 2. The number of nitrogens with zero attached hydrogens (tertiary/aromatic N) is 1. The van der Waals surface area contributed by atoms with Gasteiger partial charge in [-0.3, -0.25) is 9.59 Å². The number of aliphatic carboxylic acids is 1. The van der Waals surface area contributed by atoms with E-state index in [1.165, 1.54) is 70.6 Å². The maximum Gasteiger partial charge on any atom is 0.362 e. The van der Waals surface area contributed by atoms with Gasteiger partial charge in [0.05, 0.1) is 34.4 Å². The summed E-state index contributed by atoms with van der Waals surface area (Å²) >= 11 is 0. The number of esters is 2. The summed E-state index contributed by atoms with van der Waals surface area (Å²) < 4.78 is 17.2. The van der Waals surface area contributed by atoms with E-state index in [-0.39, 0.29) is 42.7 Å². The molecule has 0 fully saturated rings. The highest BCUT2D eigenvalue weighted by molar-refractivity contribution is 5.72. The van der Waals surface area contributed by atoms with Crippen molar-refractivity contribution in [2.24, 2.45) is 0 Å². The SMILES string of the molecule is CCCCC/C=C/C/C=C/C/C=C/C/C=C/C/C=C/CCCCC(=O)OC(COCCC(C(=O)O)[N+](C)(C)C)COC(=O)CCCCC/C=C/CCCCCCCCC. The molecular formula is C51H88NO7+. The summed E-state index contributed by atoms with van der Waals surface area (Å²) in [5.74, 6) is -1.55. The van der Waals surface area contributed by atoms with E-state index in [4.69, 9.17) is 14.2 Å². The van der Waals surface area contributed by atoms with Crippen molar-refractivity contribution in [2.45, 2.75) is 193 Å². The van der Waals surface area contributed by atoms with Crippen LogP contribution < -0.4 is 0 Å². The van der Waals surface area contributed by atoms with Gasteiger partial charge in [0.25, 0.3) is 0 Å². The average molecular weight is 827 g/mol. The van der Waals surface area contributed by atoms with Crippen molar-refractivity contribution in [1.29, 1.82) is 0 Å². The second-order valence-electron chi connectivity index (χ2n) is 16.7. The van der Waals surface area contributed by atoms with Crippen LogP contribution in [0.3, 0.4) is 0 Å². The first-order valence-corrected chi connectivity index (χ1v) is 23.5. The van der Waals surface area contributed by atoms with Gasteiger partial charge in [0.2, 0.25) is 0 Å². The minimum absolute atomic E-state index is 0.0356. The van der Waals surface area contributed by atoms with Crippen molar-refractivity contribution in [3.63, 3.8) is 0 Å². The Bertz CT molecular complexity index is 1190. The molecule has 0 aliphatic heterocycles. The summed E-state index contributed by atoms with van der Waals surface area (Å²) in [5, 5.41) is 9.63. The third kappa shape index (κ3) is 40.0. The smallest absolute Gasteiger partial charge is 0.362 e. The number of hydrogen-bond acceptors (Lipinski definition) is 6. The van der Waals surface area contributed by atoms with Crippen LogP contribution in [0.25, 0.3) is 0 Å². The third-order valence-electron chi connectivity index (χ3n) is 10.1. The summed E-state index contributed by atoms with van der Waals surface area (Å²) in [7, 11) is 5.50. The van der Waals surface area contributed by atoms with E-state index in [9.17, 15) is 19.5 Å². The van der Waals surface area contributed by atoms with Crippen molar-refractivity contribution in [2.75, 3.05) is 41.0 Å². The topological polar surface area (TPSA) is 99.1 Å². The summed E-state index contributed by atoms with van der Waals surface area (Å²) in [6.07, 6.45) is 52.3. The third-order valence-corrected chi connectivity index (χ3v) is 10.1.